The molecule has 2 saturated carbocycles. The minimum absolute atomic E-state index is 0.00524. The Morgan fingerprint density at radius 3 is 2.42 bits per heavy atom. The van der Waals surface area contributed by atoms with Gasteiger partial charge in [0.15, 0.2) is 0 Å². The molecule has 3 N–H and O–H groups in total. The Balaban J connectivity index is 1.80. The van der Waals surface area contributed by atoms with Gasteiger partial charge >= 0.3 is 12.0 Å². The molecule has 0 aromatic heterocycles. The number of carboxylic acid groups (broad SMARTS) is 1. The Morgan fingerprint density at radius 1 is 1.37 bits per heavy atom. The van der Waals surface area contributed by atoms with Gasteiger partial charge in [-0.1, -0.05) is 0 Å². The van der Waals surface area contributed by atoms with Crippen LogP contribution in [0.1, 0.15) is 38.5 Å². The average Bonchev–Trinajstić information content (AvgIpc) is 2.23. The zero-order valence-corrected chi connectivity index (χ0v) is 11.3. The molecule has 6 nitrogen and oxygen atoms in total. The molecule has 0 unspecified atom stereocenters. The summed E-state index contributed by atoms with van der Waals surface area (Å²) in [6.07, 6.45) is 3.71. The highest BCUT2D eigenvalue weighted by Crippen LogP contribution is 2.35. The van der Waals surface area contributed by atoms with Crippen molar-refractivity contribution in [3.8, 4) is 0 Å². The van der Waals surface area contributed by atoms with Crippen molar-refractivity contribution in [2.45, 2.75) is 50.2 Å². The third-order valence-electron chi connectivity index (χ3n) is 4.26. The molecule has 0 spiro atoms. The molecule has 0 bridgehead atoms. The monoisotopic (exact) mass is 270 g/mol. The topological polar surface area (TPSA) is 89.9 Å². The maximum atomic E-state index is 12.0. The Kier molecular flexibility index (Phi) is 3.99. The van der Waals surface area contributed by atoms with Crippen LogP contribution in [0.3, 0.4) is 0 Å². The average molecular weight is 270 g/mol. The second-order valence-electron chi connectivity index (χ2n) is 6.01. The summed E-state index contributed by atoms with van der Waals surface area (Å²) < 4.78 is 0. The molecule has 6 heteroatoms. The van der Waals surface area contributed by atoms with Crippen molar-refractivity contribution in [2.75, 3.05) is 13.6 Å². The van der Waals surface area contributed by atoms with Crippen molar-refractivity contribution in [3.63, 3.8) is 0 Å². The minimum atomic E-state index is -0.871. The van der Waals surface area contributed by atoms with E-state index in [9.17, 15) is 14.7 Å². The summed E-state index contributed by atoms with van der Waals surface area (Å²) >= 11 is 0. The van der Waals surface area contributed by atoms with Gasteiger partial charge in [0.2, 0.25) is 0 Å². The number of carboxylic acids is 1. The van der Waals surface area contributed by atoms with Gasteiger partial charge < -0.3 is 20.4 Å². The van der Waals surface area contributed by atoms with Gasteiger partial charge in [0.1, 0.15) is 0 Å². The maximum absolute atomic E-state index is 12.0. The van der Waals surface area contributed by atoms with Gasteiger partial charge in [-0.3, -0.25) is 4.79 Å². The number of nitrogens with zero attached hydrogens (tertiary/aromatic N) is 1. The number of carbonyl (C=O) groups is 2. The van der Waals surface area contributed by atoms with E-state index in [0.717, 1.165) is 32.1 Å². The standard InChI is InChI=1S/C13H22N2O4/c1-15(8-9-5-10(16)6-9)12(19)14-13(3-2-4-13)7-11(17)18/h9-10,16H,2-8H2,1H3,(H,14,19)(H,17,18). The van der Waals surface area contributed by atoms with Crippen molar-refractivity contribution in [2.24, 2.45) is 5.92 Å². The number of aliphatic hydroxyl groups excluding tert-OH is 1. The molecule has 0 aromatic rings. The number of rotatable bonds is 5. The van der Waals surface area contributed by atoms with Crippen LogP contribution < -0.4 is 5.32 Å². The third-order valence-corrected chi connectivity index (χ3v) is 4.26. The second kappa shape index (κ2) is 5.36. The van der Waals surface area contributed by atoms with Crippen LogP contribution in [0.5, 0.6) is 0 Å². The van der Waals surface area contributed by atoms with E-state index in [1.54, 1.807) is 11.9 Å². The zero-order chi connectivity index (χ0) is 14.0. The van der Waals surface area contributed by atoms with E-state index in [1.165, 1.54) is 0 Å². The predicted octanol–water partition coefficient (Wildman–Crippen LogP) is 0.796. The Labute approximate surface area is 112 Å². The van der Waals surface area contributed by atoms with Crippen LogP contribution in [-0.2, 0) is 4.79 Å². The lowest BCUT2D eigenvalue weighted by molar-refractivity contribution is -0.139. The summed E-state index contributed by atoms with van der Waals surface area (Å²) in [6, 6.07) is -0.206. The number of aliphatic carboxylic acids is 1. The molecule has 2 fully saturated rings. The minimum Gasteiger partial charge on any atom is -0.481 e. The van der Waals surface area contributed by atoms with Crippen LogP contribution in [0.25, 0.3) is 0 Å². The van der Waals surface area contributed by atoms with Gasteiger partial charge in [-0.2, -0.15) is 0 Å². The van der Waals surface area contributed by atoms with Crippen molar-refractivity contribution in [1.82, 2.24) is 10.2 Å². The lowest BCUT2D eigenvalue weighted by atomic mass is 9.74. The van der Waals surface area contributed by atoms with E-state index in [-0.39, 0.29) is 18.6 Å². The smallest absolute Gasteiger partial charge is 0.317 e. The molecule has 0 radical (unpaired) electrons. The van der Waals surface area contributed by atoms with Crippen molar-refractivity contribution in [3.05, 3.63) is 0 Å². The van der Waals surface area contributed by atoms with Crippen molar-refractivity contribution in [1.29, 1.82) is 0 Å². The van der Waals surface area contributed by atoms with Gasteiger partial charge in [-0.05, 0) is 38.0 Å². The fraction of sp³-hybridized carbons (Fsp3) is 0.846. The van der Waals surface area contributed by atoms with Crippen LogP contribution in [0.15, 0.2) is 0 Å². The van der Waals surface area contributed by atoms with E-state index in [0.29, 0.717) is 12.5 Å². The van der Waals surface area contributed by atoms with E-state index < -0.39 is 11.5 Å². The number of aliphatic hydroxyl groups is 1. The molecular weight excluding hydrogens is 248 g/mol. The molecule has 2 amide bonds. The van der Waals surface area contributed by atoms with Gasteiger partial charge in [0.25, 0.3) is 0 Å². The van der Waals surface area contributed by atoms with Gasteiger partial charge in [0, 0.05) is 13.6 Å². The highest BCUT2D eigenvalue weighted by Gasteiger charge is 2.41. The number of amides is 2. The molecule has 108 valence electrons. The molecule has 2 aliphatic carbocycles. The van der Waals surface area contributed by atoms with Gasteiger partial charge in [0.05, 0.1) is 18.1 Å². The van der Waals surface area contributed by atoms with Crippen LogP contribution in [0.2, 0.25) is 0 Å². The van der Waals surface area contributed by atoms with Gasteiger partial charge in [-0.15, -0.1) is 0 Å². The molecule has 2 aliphatic rings. The summed E-state index contributed by atoms with van der Waals surface area (Å²) in [6.45, 7) is 0.617. The number of hydrogen-bond donors (Lipinski definition) is 3. The lowest BCUT2D eigenvalue weighted by Crippen LogP contribution is -2.58. The van der Waals surface area contributed by atoms with Crippen LogP contribution in [0, 0.1) is 5.92 Å². The van der Waals surface area contributed by atoms with E-state index in [4.69, 9.17) is 5.11 Å². The lowest BCUT2D eigenvalue weighted by Gasteiger charge is -2.43. The summed E-state index contributed by atoms with van der Waals surface area (Å²) in [5, 5.41) is 21.0. The summed E-state index contributed by atoms with van der Waals surface area (Å²) in [5.74, 6) is -0.507. The molecule has 0 heterocycles. The van der Waals surface area contributed by atoms with Crippen molar-refractivity contribution >= 4 is 12.0 Å². The van der Waals surface area contributed by atoms with E-state index >= 15 is 0 Å². The fourth-order valence-electron chi connectivity index (χ4n) is 2.88. The molecule has 0 atom stereocenters. The van der Waals surface area contributed by atoms with Crippen molar-refractivity contribution < 1.29 is 19.8 Å². The molecule has 0 saturated heterocycles. The molecule has 2 rings (SSSR count). The quantitative estimate of drug-likeness (QED) is 0.689. The highest BCUT2D eigenvalue weighted by molar-refractivity contribution is 5.77. The Bertz CT molecular complexity index is 362. The summed E-state index contributed by atoms with van der Waals surface area (Å²) in [7, 11) is 1.72. The second-order valence-corrected chi connectivity index (χ2v) is 6.01. The van der Waals surface area contributed by atoms with Crippen LogP contribution in [0.4, 0.5) is 4.79 Å². The Morgan fingerprint density at radius 2 is 2.00 bits per heavy atom. The third kappa shape index (κ3) is 3.37. The van der Waals surface area contributed by atoms with E-state index in [1.807, 2.05) is 0 Å². The molecule has 0 aliphatic heterocycles. The maximum Gasteiger partial charge on any atom is 0.317 e. The Hall–Kier alpha value is -1.30. The number of hydrogen-bond acceptors (Lipinski definition) is 3. The summed E-state index contributed by atoms with van der Waals surface area (Å²) in [4.78, 5) is 24.5. The molecular formula is C13H22N2O4. The number of carbonyl (C=O) groups excluding carboxylic acids is 1. The summed E-state index contributed by atoms with van der Waals surface area (Å²) in [5.41, 5.74) is -0.545. The van der Waals surface area contributed by atoms with Crippen LogP contribution in [-0.4, -0.2) is 52.3 Å². The first kappa shape index (κ1) is 14.1. The fourth-order valence-corrected chi connectivity index (χ4v) is 2.88. The highest BCUT2D eigenvalue weighted by atomic mass is 16.4. The van der Waals surface area contributed by atoms with Crippen LogP contribution >= 0.6 is 0 Å². The number of nitrogens with one attached hydrogen (secondary N) is 1. The molecule has 0 aromatic carbocycles. The normalized spacial score (nSPS) is 27.9. The SMILES string of the molecule is CN(CC1CC(O)C1)C(=O)NC1(CC(=O)O)CCC1. The largest absolute Gasteiger partial charge is 0.481 e. The first-order chi connectivity index (χ1) is 8.90. The molecule has 19 heavy (non-hydrogen) atoms. The van der Waals surface area contributed by atoms with E-state index in [2.05, 4.69) is 5.32 Å². The first-order valence-electron chi connectivity index (χ1n) is 6.83. The predicted molar refractivity (Wildman–Crippen MR) is 68.7 cm³/mol. The first-order valence-corrected chi connectivity index (χ1v) is 6.83. The number of urea groups is 1. The van der Waals surface area contributed by atoms with Gasteiger partial charge in [-0.25, -0.2) is 4.79 Å². The zero-order valence-electron chi connectivity index (χ0n) is 11.3.